The van der Waals surface area contributed by atoms with Crippen molar-refractivity contribution in [2.45, 2.75) is 0 Å². The van der Waals surface area contributed by atoms with Crippen LogP contribution in [0.4, 0.5) is 8.78 Å². The first-order valence-electron chi connectivity index (χ1n) is 4.40. The first-order chi connectivity index (χ1) is 7.70. The van der Waals surface area contributed by atoms with Crippen LogP contribution in [0.1, 0.15) is 11.1 Å². The van der Waals surface area contributed by atoms with E-state index in [0.717, 1.165) is 0 Å². The normalized spacial score (nSPS) is 9.75. The maximum Gasteiger partial charge on any atom is 0.150 e. The van der Waals surface area contributed by atoms with Crippen LogP contribution in [0, 0.1) is 34.3 Å². The monoisotopic (exact) mass is 214 g/mol. The summed E-state index contributed by atoms with van der Waals surface area (Å²) in [6.07, 6.45) is 0. The van der Waals surface area contributed by atoms with Gasteiger partial charge in [-0.3, -0.25) is 0 Å². The standard InChI is InChI=1S/C12H4F2N2/c13-11-7-3-1-2-4-8(7)12(14)10(6-16)9(11)5-15/h1-4H. The van der Waals surface area contributed by atoms with Gasteiger partial charge >= 0.3 is 0 Å². The lowest BCUT2D eigenvalue weighted by molar-refractivity contribution is 0.611. The molecule has 0 spiro atoms. The maximum absolute atomic E-state index is 13.8. The van der Waals surface area contributed by atoms with Gasteiger partial charge in [0.25, 0.3) is 0 Å². The molecule has 2 nitrogen and oxygen atoms in total. The predicted octanol–water partition coefficient (Wildman–Crippen LogP) is 2.86. The summed E-state index contributed by atoms with van der Waals surface area (Å²) in [6.45, 7) is 0. The smallest absolute Gasteiger partial charge is 0.150 e. The third-order valence-corrected chi connectivity index (χ3v) is 2.31. The Bertz CT molecular complexity index is 605. The number of halogens is 2. The summed E-state index contributed by atoms with van der Waals surface area (Å²) in [4.78, 5) is 0. The number of hydrogen-bond donors (Lipinski definition) is 0. The minimum absolute atomic E-state index is 0.00977. The van der Waals surface area contributed by atoms with Crippen molar-refractivity contribution in [1.29, 1.82) is 10.5 Å². The SMILES string of the molecule is N#Cc1c(C#N)c(F)c2ccccc2c1F. The van der Waals surface area contributed by atoms with Gasteiger partial charge in [-0.25, -0.2) is 8.78 Å². The van der Waals surface area contributed by atoms with Crippen LogP contribution in [0.5, 0.6) is 0 Å². The molecule has 0 fully saturated rings. The highest BCUT2D eigenvalue weighted by Crippen LogP contribution is 2.27. The second-order valence-corrected chi connectivity index (χ2v) is 3.15. The Kier molecular flexibility index (Phi) is 2.27. The number of nitriles is 2. The molecule has 0 atom stereocenters. The Morgan fingerprint density at radius 2 is 1.19 bits per heavy atom. The minimum Gasteiger partial charge on any atom is -0.205 e. The zero-order chi connectivity index (χ0) is 11.7. The van der Waals surface area contributed by atoms with Gasteiger partial charge in [0, 0.05) is 10.8 Å². The molecular weight excluding hydrogens is 210 g/mol. The Balaban J connectivity index is 3.08. The van der Waals surface area contributed by atoms with Crippen LogP contribution < -0.4 is 0 Å². The van der Waals surface area contributed by atoms with Crippen molar-refractivity contribution < 1.29 is 8.78 Å². The molecule has 16 heavy (non-hydrogen) atoms. The molecule has 0 unspecified atom stereocenters. The van der Waals surface area contributed by atoms with Gasteiger partial charge in [0.1, 0.15) is 34.9 Å². The average molecular weight is 214 g/mol. The molecule has 4 heteroatoms. The van der Waals surface area contributed by atoms with E-state index in [1.54, 1.807) is 0 Å². The summed E-state index contributed by atoms with van der Waals surface area (Å²) < 4.78 is 27.5. The zero-order valence-electron chi connectivity index (χ0n) is 7.96. The molecular formula is C12H4F2N2. The molecule has 2 aromatic rings. The van der Waals surface area contributed by atoms with Crippen molar-refractivity contribution in [3.8, 4) is 12.1 Å². The van der Waals surface area contributed by atoms with Gasteiger partial charge in [-0.1, -0.05) is 24.3 Å². The molecule has 2 aromatic carbocycles. The van der Waals surface area contributed by atoms with Crippen molar-refractivity contribution in [2.24, 2.45) is 0 Å². The van der Waals surface area contributed by atoms with Gasteiger partial charge in [-0.15, -0.1) is 0 Å². The number of benzene rings is 2. The highest BCUT2D eigenvalue weighted by Gasteiger charge is 2.18. The molecule has 0 N–H and O–H groups in total. The van der Waals surface area contributed by atoms with Crippen molar-refractivity contribution >= 4 is 10.8 Å². The molecule has 0 radical (unpaired) electrons. The van der Waals surface area contributed by atoms with Gasteiger partial charge in [0.05, 0.1) is 0 Å². The molecule has 0 bridgehead atoms. The van der Waals surface area contributed by atoms with Crippen molar-refractivity contribution in [3.05, 3.63) is 47.0 Å². The Morgan fingerprint density at radius 3 is 1.50 bits per heavy atom. The first-order valence-corrected chi connectivity index (χ1v) is 4.40. The van der Waals surface area contributed by atoms with Crippen LogP contribution in [-0.4, -0.2) is 0 Å². The van der Waals surface area contributed by atoms with Gasteiger partial charge < -0.3 is 0 Å². The quantitative estimate of drug-likeness (QED) is 0.676. The van der Waals surface area contributed by atoms with Crippen LogP contribution in [0.2, 0.25) is 0 Å². The van der Waals surface area contributed by atoms with E-state index >= 15 is 0 Å². The largest absolute Gasteiger partial charge is 0.205 e. The summed E-state index contributed by atoms with van der Waals surface area (Å²) in [7, 11) is 0. The van der Waals surface area contributed by atoms with E-state index in [1.807, 2.05) is 0 Å². The molecule has 0 aliphatic carbocycles. The fourth-order valence-electron chi connectivity index (χ4n) is 1.56. The molecule has 0 saturated carbocycles. The van der Waals surface area contributed by atoms with Crippen molar-refractivity contribution in [1.82, 2.24) is 0 Å². The molecule has 0 saturated heterocycles. The van der Waals surface area contributed by atoms with E-state index in [2.05, 4.69) is 0 Å². The molecule has 2 rings (SSSR count). The second kappa shape index (κ2) is 3.60. The fraction of sp³-hybridized carbons (Fsp3) is 0. The van der Waals surface area contributed by atoms with E-state index in [0.29, 0.717) is 0 Å². The van der Waals surface area contributed by atoms with Crippen LogP contribution in [-0.2, 0) is 0 Å². The molecule has 0 amide bonds. The lowest BCUT2D eigenvalue weighted by Gasteiger charge is -2.04. The zero-order valence-corrected chi connectivity index (χ0v) is 7.96. The third kappa shape index (κ3) is 1.21. The lowest BCUT2D eigenvalue weighted by Crippen LogP contribution is -1.97. The summed E-state index contributed by atoms with van der Waals surface area (Å²) in [5.41, 5.74) is -1.09. The summed E-state index contributed by atoms with van der Waals surface area (Å²) in [6, 6.07) is 8.84. The van der Waals surface area contributed by atoms with E-state index in [9.17, 15) is 8.78 Å². The van der Waals surface area contributed by atoms with Crippen LogP contribution in [0.25, 0.3) is 10.8 Å². The second-order valence-electron chi connectivity index (χ2n) is 3.15. The van der Waals surface area contributed by atoms with Crippen LogP contribution in [0.15, 0.2) is 24.3 Å². The highest BCUT2D eigenvalue weighted by molar-refractivity contribution is 5.87. The van der Waals surface area contributed by atoms with Crippen molar-refractivity contribution in [3.63, 3.8) is 0 Å². The first kappa shape index (κ1) is 10.1. The number of rotatable bonds is 0. The minimum atomic E-state index is -0.851. The molecule has 0 heterocycles. The van der Waals surface area contributed by atoms with Gasteiger partial charge in [-0.05, 0) is 0 Å². The molecule has 0 aliphatic rings. The number of hydrogen-bond acceptors (Lipinski definition) is 2. The van der Waals surface area contributed by atoms with E-state index in [1.165, 1.54) is 36.4 Å². The molecule has 0 aromatic heterocycles. The summed E-state index contributed by atoms with van der Waals surface area (Å²) in [5, 5.41) is 17.4. The molecule has 76 valence electrons. The van der Waals surface area contributed by atoms with Crippen LogP contribution in [0.3, 0.4) is 0 Å². The molecule has 0 aliphatic heterocycles. The van der Waals surface area contributed by atoms with Gasteiger partial charge in [0.15, 0.2) is 0 Å². The van der Waals surface area contributed by atoms with E-state index in [4.69, 9.17) is 10.5 Å². The summed E-state index contributed by atoms with van der Waals surface area (Å²) >= 11 is 0. The maximum atomic E-state index is 13.8. The Labute approximate surface area is 90.0 Å². The average Bonchev–Trinajstić information content (AvgIpc) is 2.33. The predicted molar refractivity (Wildman–Crippen MR) is 53.3 cm³/mol. The topological polar surface area (TPSA) is 47.6 Å². The third-order valence-electron chi connectivity index (χ3n) is 2.31. The summed E-state index contributed by atoms with van der Waals surface area (Å²) in [5.74, 6) is -1.70. The van der Waals surface area contributed by atoms with Gasteiger partial charge in [0.2, 0.25) is 0 Å². The van der Waals surface area contributed by atoms with E-state index < -0.39 is 22.8 Å². The lowest BCUT2D eigenvalue weighted by atomic mass is 10.0. The fourth-order valence-corrected chi connectivity index (χ4v) is 1.56. The Morgan fingerprint density at radius 1 is 0.812 bits per heavy atom. The van der Waals surface area contributed by atoms with Gasteiger partial charge in [-0.2, -0.15) is 10.5 Å². The highest BCUT2D eigenvalue weighted by atomic mass is 19.1. The number of fused-ring (bicyclic) bond motifs is 1. The number of nitrogens with zero attached hydrogens (tertiary/aromatic N) is 2. The van der Waals surface area contributed by atoms with E-state index in [-0.39, 0.29) is 10.8 Å². The Hall–Kier alpha value is -2.46. The van der Waals surface area contributed by atoms with Crippen LogP contribution >= 0.6 is 0 Å². The van der Waals surface area contributed by atoms with Crippen molar-refractivity contribution in [2.75, 3.05) is 0 Å².